The Morgan fingerprint density at radius 1 is 1.11 bits per heavy atom. The van der Waals surface area contributed by atoms with Gasteiger partial charge in [-0.25, -0.2) is 22.8 Å². The van der Waals surface area contributed by atoms with Gasteiger partial charge in [0.25, 0.3) is 10.0 Å². The van der Waals surface area contributed by atoms with E-state index in [2.05, 4.69) is 19.7 Å². The molecule has 2 aromatic heterocycles. The van der Waals surface area contributed by atoms with Crippen molar-refractivity contribution in [2.45, 2.75) is 11.8 Å². The van der Waals surface area contributed by atoms with Gasteiger partial charge < -0.3 is 4.98 Å². The summed E-state index contributed by atoms with van der Waals surface area (Å²) >= 11 is 5.84. The standard InChI is InChI=1S/C19H14ClFN4O2S/c1-11-7-15-18(22-10-23-19(15)24-11)12-5-6-17(16(21)8-12)25-28(26,27)14-4-2-3-13(20)9-14/h2-10,25H,1H3,(H,22,23,24). The Kier molecular flexibility index (Phi) is 4.52. The fourth-order valence-electron chi connectivity index (χ4n) is 2.88. The molecule has 0 aliphatic heterocycles. The van der Waals surface area contributed by atoms with Crippen LogP contribution >= 0.6 is 11.6 Å². The lowest BCUT2D eigenvalue weighted by Crippen LogP contribution is -2.14. The van der Waals surface area contributed by atoms with Crippen molar-refractivity contribution >= 4 is 38.3 Å². The third-order valence-electron chi connectivity index (χ3n) is 4.15. The normalized spacial score (nSPS) is 11.7. The predicted octanol–water partition coefficient (Wildman–Crippen LogP) is 4.53. The van der Waals surface area contributed by atoms with Crippen LogP contribution in [0.2, 0.25) is 5.02 Å². The van der Waals surface area contributed by atoms with E-state index < -0.39 is 15.8 Å². The van der Waals surface area contributed by atoms with Crippen molar-refractivity contribution in [3.8, 4) is 11.3 Å². The van der Waals surface area contributed by atoms with Crippen LogP contribution < -0.4 is 4.72 Å². The highest BCUT2D eigenvalue weighted by Crippen LogP contribution is 2.29. The number of nitrogens with zero attached hydrogens (tertiary/aromatic N) is 2. The number of H-pyrrole nitrogens is 1. The summed E-state index contributed by atoms with van der Waals surface area (Å²) in [4.78, 5) is 11.4. The first-order chi connectivity index (χ1) is 13.3. The molecule has 0 saturated carbocycles. The molecule has 0 bridgehead atoms. The van der Waals surface area contributed by atoms with Crippen LogP contribution in [0.15, 0.2) is 59.8 Å². The lowest BCUT2D eigenvalue weighted by Gasteiger charge is -2.10. The first-order valence-electron chi connectivity index (χ1n) is 8.22. The number of sulfonamides is 1. The molecule has 0 saturated heterocycles. The van der Waals surface area contributed by atoms with Crippen molar-refractivity contribution in [2.75, 3.05) is 4.72 Å². The molecule has 0 spiro atoms. The number of halogens is 2. The Hall–Kier alpha value is -2.97. The Bertz CT molecular complexity index is 1300. The van der Waals surface area contributed by atoms with E-state index in [1.165, 1.54) is 36.7 Å². The molecule has 28 heavy (non-hydrogen) atoms. The number of rotatable bonds is 4. The van der Waals surface area contributed by atoms with E-state index in [9.17, 15) is 12.8 Å². The highest BCUT2D eigenvalue weighted by molar-refractivity contribution is 7.92. The zero-order valence-corrected chi connectivity index (χ0v) is 16.1. The van der Waals surface area contributed by atoms with Gasteiger partial charge in [0.05, 0.1) is 16.3 Å². The molecule has 0 fully saturated rings. The molecular formula is C19H14ClFN4O2S. The second-order valence-corrected chi connectivity index (χ2v) is 8.31. The van der Waals surface area contributed by atoms with Crippen LogP contribution in [0.4, 0.5) is 10.1 Å². The molecule has 0 unspecified atom stereocenters. The van der Waals surface area contributed by atoms with E-state index in [0.29, 0.717) is 16.9 Å². The van der Waals surface area contributed by atoms with E-state index in [0.717, 1.165) is 11.1 Å². The number of aromatic nitrogens is 3. The summed E-state index contributed by atoms with van der Waals surface area (Å²) in [6.45, 7) is 1.89. The quantitative estimate of drug-likeness (QED) is 0.511. The highest BCUT2D eigenvalue weighted by atomic mass is 35.5. The van der Waals surface area contributed by atoms with Gasteiger partial charge in [0.1, 0.15) is 17.8 Å². The fourth-order valence-corrected chi connectivity index (χ4v) is 4.25. The number of benzene rings is 2. The molecule has 6 nitrogen and oxygen atoms in total. The summed E-state index contributed by atoms with van der Waals surface area (Å²) in [6.07, 6.45) is 1.39. The number of fused-ring (bicyclic) bond motifs is 1. The number of aromatic amines is 1. The van der Waals surface area contributed by atoms with Crippen LogP contribution in [0, 0.1) is 12.7 Å². The molecule has 142 valence electrons. The van der Waals surface area contributed by atoms with Gasteiger partial charge in [-0.1, -0.05) is 23.7 Å². The van der Waals surface area contributed by atoms with Crippen LogP contribution in [-0.2, 0) is 10.0 Å². The minimum absolute atomic E-state index is 0.0521. The number of hydrogen-bond donors (Lipinski definition) is 2. The molecular weight excluding hydrogens is 403 g/mol. The summed E-state index contributed by atoms with van der Waals surface area (Å²) in [5, 5.41) is 1.03. The first-order valence-corrected chi connectivity index (χ1v) is 10.1. The minimum atomic E-state index is -3.97. The third kappa shape index (κ3) is 3.44. The molecule has 0 atom stereocenters. The van der Waals surface area contributed by atoms with E-state index in [-0.39, 0.29) is 15.6 Å². The van der Waals surface area contributed by atoms with E-state index >= 15 is 0 Å². The average molecular weight is 417 g/mol. The van der Waals surface area contributed by atoms with Crippen LogP contribution in [0.3, 0.4) is 0 Å². The zero-order chi connectivity index (χ0) is 19.9. The van der Waals surface area contributed by atoms with Gasteiger partial charge >= 0.3 is 0 Å². The van der Waals surface area contributed by atoms with Gasteiger partial charge in [0, 0.05) is 21.7 Å². The maximum atomic E-state index is 14.7. The van der Waals surface area contributed by atoms with Crippen molar-refractivity contribution < 1.29 is 12.8 Å². The van der Waals surface area contributed by atoms with Gasteiger partial charge in [-0.15, -0.1) is 0 Å². The molecule has 2 heterocycles. The van der Waals surface area contributed by atoms with E-state index in [1.54, 1.807) is 12.1 Å². The maximum Gasteiger partial charge on any atom is 0.262 e. The molecule has 4 rings (SSSR count). The van der Waals surface area contributed by atoms with E-state index in [4.69, 9.17) is 11.6 Å². The van der Waals surface area contributed by atoms with Crippen molar-refractivity contribution in [3.63, 3.8) is 0 Å². The molecule has 4 aromatic rings. The number of hydrogen-bond acceptors (Lipinski definition) is 4. The van der Waals surface area contributed by atoms with Crippen LogP contribution in [0.1, 0.15) is 5.69 Å². The van der Waals surface area contributed by atoms with Crippen molar-refractivity contribution in [1.82, 2.24) is 15.0 Å². The predicted molar refractivity (Wildman–Crippen MR) is 106 cm³/mol. The second kappa shape index (κ2) is 6.88. The highest BCUT2D eigenvalue weighted by Gasteiger charge is 2.18. The van der Waals surface area contributed by atoms with Crippen molar-refractivity contribution in [1.29, 1.82) is 0 Å². The lowest BCUT2D eigenvalue weighted by atomic mass is 10.1. The third-order valence-corrected chi connectivity index (χ3v) is 5.75. The first kappa shape index (κ1) is 18.4. The SMILES string of the molecule is Cc1cc2c(-c3ccc(NS(=O)(=O)c4cccc(Cl)c4)c(F)c3)ncnc2[nH]1. The van der Waals surface area contributed by atoms with Crippen molar-refractivity contribution in [3.05, 3.63) is 71.4 Å². The van der Waals surface area contributed by atoms with Crippen molar-refractivity contribution in [2.24, 2.45) is 0 Å². The topological polar surface area (TPSA) is 87.7 Å². The Morgan fingerprint density at radius 3 is 2.68 bits per heavy atom. The number of aryl methyl sites for hydroxylation is 1. The minimum Gasteiger partial charge on any atom is -0.343 e. The van der Waals surface area contributed by atoms with E-state index in [1.807, 2.05) is 13.0 Å². The van der Waals surface area contributed by atoms with Gasteiger partial charge in [-0.2, -0.15) is 0 Å². The molecule has 9 heteroatoms. The molecule has 0 aliphatic rings. The van der Waals surface area contributed by atoms with Gasteiger partial charge in [-0.3, -0.25) is 4.72 Å². The smallest absolute Gasteiger partial charge is 0.262 e. The maximum absolute atomic E-state index is 14.7. The summed E-state index contributed by atoms with van der Waals surface area (Å²) < 4.78 is 41.9. The summed E-state index contributed by atoms with van der Waals surface area (Å²) in [6, 6.07) is 11.8. The average Bonchev–Trinajstić information content (AvgIpc) is 3.03. The Labute approximate surface area is 165 Å². The largest absolute Gasteiger partial charge is 0.343 e. The molecule has 2 N–H and O–H groups in total. The Balaban J connectivity index is 1.70. The molecule has 0 amide bonds. The molecule has 0 radical (unpaired) electrons. The van der Waals surface area contributed by atoms with Gasteiger partial charge in [0.15, 0.2) is 0 Å². The molecule has 0 aliphatic carbocycles. The molecule has 2 aromatic carbocycles. The van der Waals surface area contributed by atoms with Gasteiger partial charge in [0.2, 0.25) is 0 Å². The van der Waals surface area contributed by atoms with Crippen LogP contribution in [0.25, 0.3) is 22.3 Å². The fraction of sp³-hybridized carbons (Fsp3) is 0.0526. The number of nitrogens with one attached hydrogen (secondary N) is 2. The summed E-state index contributed by atoms with van der Waals surface area (Å²) in [5.74, 6) is -0.720. The Morgan fingerprint density at radius 2 is 1.93 bits per heavy atom. The van der Waals surface area contributed by atoms with Crippen LogP contribution in [-0.4, -0.2) is 23.4 Å². The lowest BCUT2D eigenvalue weighted by molar-refractivity contribution is 0.598. The monoisotopic (exact) mass is 416 g/mol. The zero-order valence-electron chi connectivity index (χ0n) is 14.6. The summed E-state index contributed by atoms with van der Waals surface area (Å²) in [7, 11) is -3.97. The number of anilines is 1. The second-order valence-electron chi connectivity index (χ2n) is 6.19. The van der Waals surface area contributed by atoms with Gasteiger partial charge in [-0.05, 0) is 43.3 Å². The van der Waals surface area contributed by atoms with Crippen LogP contribution in [0.5, 0.6) is 0 Å². The summed E-state index contributed by atoms with van der Waals surface area (Å²) in [5.41, 5.74) is 2.45.